The zero-order chi connectivity index (χ0) is 38.1. The van der Waals surface area contributed by atoms with Crippen LogP contribution in [0.2, 0.25) is 0 Å². The second kappa shape index (κ2) is 15.1. The maximum Gasteiger partial charge on any atom is 0.115 e. The van der Waals surface area contributed by atoms with Gasteiger partial charge in [0.1, 0.15) is 11.5 Å². The van der Waals surface area contributed by atoms with Crippen LogP contribution >= 0.6 is 0 Å². The van der Waals surface area contributed by atoms with E-state index in [0.29, 0.717) is 38.5 Å². The first-order valence-corrected chi connectivity index (χ1v) is 19.7. The van der Waals surface area contributed by atoms with Gasteiger partial charge in [0.05, 0.1) is 23.4 Å². The molecule has 2 fully saturated rings. The van der Waals surface area contributed by atoms with Crippen molar-refractivity contribution in [2.75, 3.05) is 0 Å². The van der Waals surface area contributed by atoms with E-state index in [1.807, 2.05) is 97.1 Å². The van der Waals surface area contributed by atoms with E-state index in [2.05, 4.69) is 13.2 Å². The summed E-state index contributed by atoms with van der Waals surface area (Å²) in [6, 6.07) is 31.1. The first kappa shape index (κ1) is 38.1. The molecule has 0 bridgehead atoms. The van der Waals surface area contributed by atoms with E-state index >= 15 is 0 Å². The lowest BCUT2D eigenvalue weighted by Gasteiger charge is -2.55. The van der Waals surface area contributed by atoms with Crippen molar-refractivity contribution in [1.29, 1.82) is 0 Å². The lowest BCUT2D eigenvalue weighted by Crippen LogP contribution is -2.58. The molecular weight excluding hydrogens is 673 g/mol. The number of phenols is 2. The third kappa shape index (κ3) is 7.06. The quantitative estimate of drug-likeness (QED) is 0.103. The van der Waals surface area contributed by atoms with E-state index in [9.17, 15) is 30.6 Å². The number of benzene rings is 4. The summed E-state index contributed by atoms with van der Waals surface area (Å²) < 4.78 is 0. The smallest absolute Gasteiger partial charge is 0.115 e. The van der Waals surface area contributed by atoms with Crippen LogP contribution < -0.4 is 0 Å². The molecule has 6 heteroatoms. The van der Waals surface area contributed by atoms with E-state index in [4.69, 9.17) is 0 Å². The number of hydrogen-bond acceptors (Lipinski definition) is 6. The van der Waals surface area contributed by atoms with Gasteiger partial charge in [0, 0.05) is 23.7 Å². The van der Waals surface area contributed by atoms with Crippen molar-refractivity contribution in [3.8, 4) is 11.5 Å². The van der Waals surface area contributed by atoms with Gasteiger partial charge < -0.3 is 30.6 Å². The molecule has 0 radical (unpaired) electrons. The Labute approximate surface area is 320 Å². The van der Waals surface area contributed by atoms with Crippen LogP contribution in [0.5, 0.6) is 11.5 Å². The number of hydrogen-bond donors (Lipinski definition) is 6. The number of rotatable bonds is 8. The summed E-state index contributed by atoms with van der Waals surface area (Å²) in [5, 5.41) is 64.7. The second-order valence-electron chi connectivity index (χ2n) is 16.8. The summed E-state index contributed by atoms with van der Waals surface area (Å²) in [5.41, 5.74) is 4.19. The van der Waals surface area contributed by atoms with Crippen LogP contribution in [0, 0.1) is 11.8 Å². The van der Waals surface area contributed by atoms with Gasteiger partial charge in [-0.2, -0.15) is 0 Å². The van der Waals surface area contributed by atoms with Gasteiger partial charge in [-0.25, -0.2) is 0 Å². The Morgan fingerprint density at radius 1 is 0.556 bits per heavy atom. The summed E-state index contributed by atoms with van der Waals surface area (Å²) in [7, 11) is 0. The SMILES string of the molecule is C=CC[C@@]12C[C@@H](O)[C@](O)(Cc3ccccc3)C[C@H]1CCc1cc(O)ccc12.C=CC[C@@]12C[C@H](O)[C@](O)(Cc3ccccc3)C[C@H]1CCc1cc(O)ccc12. The highest BCUT2D eigenvalue weighted by Crippen LogP contribution is 2.57. The van der Waals surface area contributed by atoms with Crippen molar-refractivity contribution in [3.05, 3.63) is 156 Å². The molecule has 54 heavy (non-hydrogen) atoms. The number of fused-ring (bicyclic) bond motifs is 6. The molecule has 8 atom stereocenters. The molecule has 6 nitrogen and oxygen atoms in total. The number of phenolic OH excluding ortho intramolecular Hbond substituents is 2. The third-order valence-electron chi connectivity index (χ3n) is 13.6. The van der Waals surface area contributed by atoms with Crippen LogP contribution in [0.25, 0.3) is 0 Å². The minimum Gasteiger partial charge on any atom is -0.508 e. The summed E-state index contributed by atoms with van der Waals surface area (Å²) in [6.07, 6.45) is 10.6. The highest BCUT2D eigenvalue weighted by molar-refractivity contribution is 5.45. The zero-order valence-electron chi connectivity index (χ0n) is 31.3. The van der Waals surface area contributed by atoms with Crippen molar-refractivity contribution in [2.45, 2.75) is 111 Å². The normalized spacial score (nSPS) is 32.4. The second-order valence-corrected chi connectivity index (χ2v) is 16.8. The Hall–Kier alpha value is -4.20. The Kier molecular flexibility index (Phi) is 10.7. The fourth-order valence-electron chi connectivity index (χ4n) is 11.1. The summed E-state index contributed by atoms with van der Waals surface area (Å²) in [4.78, 5) is 0. The fourth-order valence-corrected chi connectivity index (χ4v) is 11.1. The van der Waals surface area contributed by atoms with Gasteiger partial charge in [-0.15, -0.1) is 13.2 Å². The zero-order valence-corrected chi connectivity index (χ0v) is 31.3. The largest absolute Gasteiger partial charge is 0.508 e. The predicted molar refractivity (Wildman–Crippen MR) is 213 cm³/mol. The van der Waals surface area contributed by atoms with Gasteiger partial charge in [0.2, 0.25) is 0 Å². The summed E-state index contributed by atoms with van der Waals surface area (Å²) in [5.74, 6) is 1.14. The maximum absolute atomic E-state index is 11.4. The van der Waals surface area contributed by atoms with Crippen molar-refractivity contribution in [3.63, 3.8) is 0 Å². The van der Waals surface area contributed by atoms with Gasteiger partial charge in [-0.1, -0.05) is 84.9 Å². The van der Waals surface area contributed by atoms with Crippen LogP contribution in [-0.4, -0.2) is 54.0 Å². The lowest BCUT2D eigenvalue weighted by atomic mass is 9.52. The van der Waals surface area contributed by atoms with Gasteiger partial charge in [-0.05, 0) is 134 Å². The van der Waals surface area contributed by atoms with Gasteiger partial charge in [0.15, 0.2) is 0 Å². The molecule has 0 saturated heterocycles. The molecule has 8 rings (SSSR count). The molecule has 0 heterocycles. The van der Waals surface area contributed by atoms with Crippen LogP contribution in [0.1, 0.15) is 84.7 Å². The number of allylic oxidation sites excluding steroid dienone is 2. The van der Waals surface area contributed by atoms with E-state index in [1.165, 1.54) is 11.1 Å². The molecular formula is C48H56O6. The molecule has 0 aliphatic heterocycles. The topological polar surface area (TPSA) is 121 Å². The lowest BCUT2D eigenvalue weighted by molar-refractivity contribution is -0.138. The number of aliphatic hydroxyl groups is 4. The van der Waals surface area contributed by atoms with Crippen LogP contribution in [0.4, 0.5) is 0 Å². The Bertz CT molecular complexity index is 1800. The molecule has 0 aromatic heterocycles. The van der Waals surface area contributed by atoms with Crippen LogP contribution in [-0.2, 0) is 36.5 Å². The Morgan fingerprint density at radius 3 is 1.31 bits per heavy atom. The molecule has 284 valence electrons. The fraction of sp³-hybridized carbons (Fsp3) is 0.417. The maximum atomic E-state index is 11.4. The van der Waals surface area contributed by atoms with E-state index < -0.39 is 23.4 Å². The molecule has 6 N–H and O–H groups in total. The summed E-state index contributed by atoms with van der Waals surface area (Å²) in [6.45, 7) is 7.93. The van der Waals surface area contributed by atoms with Crippen molar-refractivity contribution in [2.24, 2.45) is 11.8 Å². The third-order valence-corrected chi connectivity index (χ3v) is 13.6. The van der Waals surface area contributed by atoms with Gasteiger partial charge in [-0.3, -0.25) is 0 Å². The monoisotopic (exact) mass is 728 g/mol. The number of aryl methyl sites for hydroxylation is 2. The van der Waals surface area contributed by atoms with E-state index in [0.717, 1.165) is 60.8 Å². The number of aliphatic hydroxyl groups excluding tert-OH is 2. The van der Waals surface area contributed by atoms with Crippen molar-refractivity contribution < 1.29 is 30.6 Å². The molecule has 4 aliphatic carbocycles. The van der Waals surface area contributed by atoms with Gasteiger partial charge in [0.25, 0.3) is 0 Å². The standard InChI is InChI=1S/2C24H28O3/c2*1-2-12-23-16-22(26)24(27,14-17-6-4-3-5-7-17)15-19(23)9-8-18-13-20(25)10-11-21(18)23/h2*2-7,10-11,13,19,22,25-27H,1,8-9,12,14-16H2/t19-,22+,23-,24+;19-,22-,23-,24+/m11/s1. The van der Waals surface area contributed by atoms with Crippen molar-refractivity contribution >= 4 is 0 Å². The average Bonchev–Trinajstić information content (AvgIpc) is 3.14. The Morgan fingerprint density at radius 2 is 0.944 bits per heavy atom. The minimum absolute atomic E-state index is 0.217. The first-order valence-electron chi connectivity index (χ1n) is 19.7. The van der Waals surface area contributed by atoms with Crippen LogP contribution in [0.15, 0.2) is 122 Å². The van der Waals surface area contributed by atoms with E-state index in [-0.39, 0.29) is 34.2 Å². The minimum atomic E-state index is -1.11. The molecule has 4 aliphatic rings. The predicted octanol–water partition coefficient (Wildman–Crippen LogP) is 7.79. The van der Waals surface area contributed by atoms with Crippen LogP contribution in [0.3, 0.4) is 0 Å². The van der Waals surface area contributed by atoms with Crippen molar-refractivity contribution in [1.82, 2.24) is 0 Å². The highest BCUT2D eigenvalue weighted by Gasteiger charge is 2.56. The number of aromatic hydroxyl groups is 2. The Balaban J connectivity index is 0.000000167. The molecule has 4 aromatic carbocycles. The molecule has 0 amide bonds. The molecule has 4 aromatic rings. The van der Waals surface area contributed by atoms with Gasteiger partial charge >= 0.3 is 0 Å². The molecule has 0 unspecified atom stereocenters. The molecule has 0 spiro atoms. The average molecular weight is 729 g/mol. The first-order chi connectivity index (χ1) is 25.9. The molecule has 2 saturated carbocycles. The van der Waals surface area contributed by atoms with E-state index in [1.54, 1.807) is 12.1 Å². The summed E-state index contributed by atoms with van der Waals surface area (Å²) >= 11 is 0. The highest BCUT2D eigenvalue weighted by atomic mass is 16.3.